The molecule has 2 atom stereocenters. The van der Waals surface area contributed by atoms with Gasteiger partial charge in [-0.15, -0.1) is 0 Å². The zero-order chi connectivity index (χ0) is 16.2. The quantitative estimate of drug-likeness (QED) is 0.914. The molecule has 5 heteroatoms. The van der Waals surface area contributed by atoms with Crippen LogP contribution < -0.4 is 5.32 Å². The van der Waals surface area contributed by atoms with E-state index in [1.165, 1.54) is 28.9 Å². The van der Waals surface area contributed by atoms with Gasteiger partial charge in [-0.1, -0.05) is 24.3 Å². The second-order valence-corrected chi connectivity index (χ2v) is 7.56. The Kier molecular flexibility index (Phi) is 5.41. The lowest BCUT2D eigenvalue weighted by molar-refractivity contribution is 0.282. The molecular weight excluding hydrogens is 304 g/mol. The van der Waals surface area contributed by atoms with Gasteiger partial charge >= 0.3 is 0 Å². The van der Waals surface area contributed by atoms with E-state index in [0.29, 0.717) is 12.1 Å². The number of hydrogen-bond donors (Lipinski definition) is 1. The fourth-order valence-corrected chi connectivity index (χ4v) is 4.27. The number of thioether (sulfide) groups is 1. The molecule has 1 aliphatic heterocycles. The first-order valence-electron chi connectivity index (χ1n) is 8.19. The summed E-state index contributed by atoms with van der Waals surface area (Å²) in [5.41, 5.74) is 4.23. The molecule has 0 bridgehead atoms. The standard InChI is InChI=1S/C18H26N4S/c1-21(2)18(15-10-20-22(3)12-15)11-19-17-13-23-9-8-14-6-4-5-7-16(14)17/h4-7,10,12,17-19H,8-9,11,13H2,1-3H3. The number of rotatable bonds is 5. The molecule has 4 nitrogen and oxygen atoms in total. The van der Waals surface area contributed by atoms with Crippen molar-refractivity contribution in [1.29, 1.82) is 0 Å². The van der Waals surface area contributed by atoms with Crippen molar-refractivity contribution in [3.63, 3.8) is 0 Å². The Balaban J connectivity index is 1.73. The van der Waals surface area contributed by atoms with Gasteiger partial charge in [0.05, 0.1) is 6.20 Å². The van der Waals surface area contributed by atoms with Crippen LogP contribution in [0, 0.1) is 0 Å². The van der Waals surface area contributed by atoms with Crippen LogP contribution in [0.1, 0.15) is 28.8 Å². The zero-order valence-corrected chi connectivity index (χ0v) is 15.0. The maximum atomic E-state index is 4.32. The van der Waals surface area contributed by atoms with E-state index < -0.39 is 0 Å². The van der Waals surface area contributed by atoms with Crippen molar-refractivity contribution in [3.8, 4) is 0 Å². The van der Waals surface area contributed by atoms with Crippen LogP contribution in [0.15, 0.2) is 36.7 Å². The summed E-state index contributed by atoms with van der Waals surface area (Å²) < 4.78 is 1.88. The molecule has 124 valence electrons. The van der Waals surface area contributed by atoms with E-state index in [1.807, 2.05) is 29.7 Å². The number of nitrogens with one attached hydrogen (secondary N) is 1. The monoisotopic (exact) mass is 330 g/mol. The fourth-order valence-electron chi connectivity index (χ4n) is 3.21. The summed E-state index contributed by atoms with van der Waals surface area (Å²) in [6, 6.07) is 9.65. The van der Waals surface area contributed by atoms with Gasteiger partial charge < -0.3 is 10.2 Å². The Morgan fingerprint density at radius 1 is 1.39 bits per heavy atom. The molecule has 2 heterocycles. The molecule has 0 saturated carbocycles. The molecule has 0 saturated heterocycles. The molecule has 23 heavy (non-hydrogen) atoms. The van der Waals surface area contributed by atoms with E-state index in [0.717, 1.165) is 12.3 Å². The van der Waals surface area contributed by atoms with Crippen LogP contribution >= 0.6 is 11.8 Å². The van der Waals surface area contributed by atoms with Gasteiger partial charge in [-0.25, -0.2) is 0 Å². The maximum Gasteiger partial charge on any atom is 0.0538 e. The molecule has 1 aromatic carbocycles. The van der Waals surface area contributed by atoms with Crippen LogP contribution in [0.25, 0.3) is 0 Å². The van der Waals surface area contributed by atoms with E-state index in [-0.39, 0.29) is 0 Å². The summed E-state index contributed by atoms with van der Waals surface area (Å²) in [4.78, 5) is 2.26. The fraction of sp³-hybridized carbons (Fsp3) is 0.500. The first-order valence-corrected chi connectivity index (χ1v) is 9.34. The average molecular weight is 331 g/mol. The van der Waals surface area contributed by atoms with Gasteiger partial charge in [0.2, 0.25) is 0 Å². The maximum absolute atomic E-state index is 4.32. The molecule has 0 fully saturated rings. The molecule has 3 rings (SSSR count). The van der Waals surface area contributed by atoms with Crippen LogP contribution in [0.4, 0.5) is 0 Å². The predicted octanol–water partition coefficient (Wildman–Crippen LogP) is 2.64. The Bertz CT molecular complexity index is 637. The van der Waals surface area contributed by atoms with E-state index in [2.05, 4.69) is 59.9 Å². The average Bonchev–Trinajstić information content (AvgIpc) is 2.85. The van der Waals surface area contributed by atoms with Crippen molar-refractivity contribution in [2.75, 3.05) is 32.1 Å². The molecule has 0 spiro atoms. The highest BCUT2D eigenvalue weighted by atomic mass is 32.2. The van der Waals surface area contributed by atoms with Crippen molar-refractivity contribution in [3.05, 3.63) is 53.3 Å². The molecule has 2 unspecified atom stereocenters. The van der Waals surface area contributed by atoms with E-state index >= 15 is 0 Å². The Hall–Kier alpha value is -1.30. The largest absolute Gasteiger partial charge is 0.307 e. The van der Waals surface area contributed by atoms with Crippen LogP contribution in [-0.4, -0.2) is 46.8 Å². The molecule has 2 aromatic rings. The second-order valence-electron chi connectivity index (χ2n) is 6.41. The predicted molar refractivity (Wildman–Crippen MR) is 97.9 cm³/mol. The van der Waals surface area contributed by atoms with Crippen molar-refractivity contribution < 1.29 is 0 Å². The molecule has 1 aliphatic rings. The van der Waals surface area contributed by atoms with Crippen molar-refractivity contribution in [2.45, 2.75) is 18.5 Å². The van der Waals surface area contributed by atoms with Crippen LogP contribution in [0.5, 0.6) is 0 Å². The number of hydrogen-bond acceptors (Lipinski definition) is 4. The minimum atomic E-state index is 0.337. The second kappa shape index (κ2) is 7.51. The Morgan fingerprint density at radius 2 is 2.22 bits per heavy atom. The Labute approximate surface area is 143 Å². The van der Waals surface area contributed by atoms with Gasteiger partial charge in [-0.05, 0) is 37.4 Å². The van der Waals surface area contributed by atoms with Gasteiger partial charge in [-0.3, -0.25) is 4.68 Å². The topological polar surface area (TPSA) is 33.1 Å². The first kappa shape index (κ1) is 16.6. The smallest absolute Gasteiger partial charge is 0.0538 e. The summed E-state index contributed by atoms with van der Waals surface area (Å²) in [7, 11) is 6.24. The summed E-state index contributed by atoms with van der Waals surface area (Å²) >= 11 is 2.05. The van der Waals surface area contributed by atoms with E-state index in [1.54, 1.807) is 0 Å². The van der Waals surface area contributed by atoms with Gasteiger partial charge in [0.1, 0.15) is 0 Å². The highest BCUT2D eigenvalue weighted by molar-refractivity contribution is 7.99. The number of likely N-dealkylation sites (N-methyl/N-ethyl adjacent to an activating group) is 1. The molecule has 1 aromatic heterocycles. The molecule has 0 radical (unpaired) electrons. The SMILES string of the molecule is CN(C)C(CNC1CSCCc2ccccc21)c1cnn(C)c1. The lowest BCUT2D eigenvalue weighted by Crippen LogP contribution is -2.34. The number of benzene rings is 1. The zero-order valence-electron chi connectivity index (χ0n) is 14.2. The van der Waals surface area contributed by atoms with Gasteiger partial charge in [-0.2, -0.15) is 16.9 Å². The van der Waals surface area contributed by atoms with Crippen LogP contribution in [-0.2, 0) is 13.5 Å². The molecule has 1 N–H and O–H groups in total. The molecule has 0 aliphatic carbocycles. The summed E-state index contributed by atoms with van der Waals surface area (Å²) in [5, 5.41) is 8.13. The van der Waals surface area contributed by atoms with Gasteiger partial charge in [0, 0.05) is 43.2 Å². The van der Waals surface area contributed by atoms with Crippen LogP contribution in [0.2, 0.25) is 0 Å². The third-order valence-electron chi connectivity index (χ3n) is 4.52. The van der Waals surface area contributed by atoms with Gasteiger partial charge in [0.15, 0.2) is 0 Å². The summed E-state index contributed by atoms with van der Waals surface area (Å²) in [6.07, 6.45) is 5.27. The third-order valence-corrected chi connectivity index (χ3v) is 5.58. The van der Waals surface area contributed by atoms with Gasteiger partial charge in [0.25, 0.3) is 0 Å². The first-order chi connectivity index (χ1) is 11.1. The normalized spacial score (nSPS) is 19.4. The van der Waals surface area contributed by atoms with E-state index in [9.17, 15) is 0 Å². The lowest BCUT2D eigenvalue weighted by atomic mass is 9.99. The highest BCUT2D eigenvalue weighted by Crippen LogP contribution is 2.28. The summed E-state index contributed by atoms with van der Waals surface area (Å²) in [6.45, 7) is 0.929. The Morgan fingerprint density at radius 3 is 2.96 bits per heavy atom. The highest BCUT2D eigenvalue weighted by Gasteiger charge is 2.21. The summed E-state index contributed by atoms with van der Waals surface area (Å²) in [5.74, 6) is 2.36. The van der Waals surface area contributed by atoms with Crippen LogP contribution in [0.3, 0.4) is 0 Å². The van der Waals surface area contributed by atoms with Crippen molar-refractivity contribution in [2.24, 2.45) is 7.05 Å². The number of nitrogens with zero attached hydrogens (tertiary/aromatic N) is 3. The number of aryl methyl sites for hydroxylation is 2. The lowest BCUT2D eigenvalue weighted by Gasteiger charge is -2.27. The van der Waals surface area contributed by atoms with Crippen molar-refractivity contribution in [1.82, 2.24) is 20.0 Å². The van der Waals surface area contributed by atoms with E-state index in [4.69, 9.17) is 0 Å². The molecular formula is C18H26N4S. The number of fused-ring (bicyclic) bond motifs is 1. The minimum absolute atomic E-state index is 0.337. The molecule has 0 amide bonds. The minimum Gasteiger partial charge on any atom is -0.307 e. The van der Waals surface area contributed by atoms with Crippen molar-refractivity contribution >= 4 is 11.8 Å². The number of aromatic nitrogens is 2. The third kappa shape index (κ3) is 3.97.